The number of nitrogens with zero attached hydrogens (tertiary/aromatic N) is 1. The molecule has 0 bridgehead atoms. The minimum absolute atomic E-state index is 0.0368. The molecule has 0 aromatic rings. The summed E-state index contributed by atoms with van der Waals surface area (Å²) in [4.78, 5) is 15.0. The van der Waals surface area contributed by atoms with Crippen LogP contribution in [0.5, 0.6) is 0 Å². The fourth-order valence-corrected chi connectivity index (χ4v) is 8.52. The molecule has 0 aliphatic rings. The summed E-state index contributed by atoms with van der Waals surface area (Å²) in [6, 6.07) is 0. The van der Waals surface area contributed by atoms with E-state index >= 15 is 0 Å². The first-order valence-corrected chi connectivity index (χ1v) is 24.4. The van der Waals surface area contributed by atoms with Gasteiger partial charge in [-0.2, -0.15) is 0 Å². The Kier molecular flexibility index (Phi) is 41.1. The van der Waals surface area contributed by atoms with Crippen LogP contribution in [0.2, 0.25) is 0 Å². The van der Waals surface area contributed by atoms with Crippen molar-refractivity contribution in [2.45, 2.75) is 266 Å². The summed E-state index contributed by atoms with van der Waals surface area (Å²) in [5, 5.41) is 0. The first kappa shape index (κ1) is 51.4. The molecule has 0 spiro atoms. The summed E-state index contributed by atoms with van der Waals surface area (Å²) in [7, 11) is 0. The summed E-state index contributed by atoms with van der Waals surface area (Å²) < 4.78 is 5.67. The lowest BCUT2D eigenvalue weighted by Crippen LogP contribution is -2.29. The molecule has 1 unspecified atom stereocenters. The third-order valence-electron chi connectivity index (χ3n) is 12.3. The van der Waals surface area contributed by atoms with Gasteiger partial charge in [0.2, 0.25) is 0 Å². The standard InChI is InChI=1S/C49H99NO2/c1-7-13-27-35-46(36-28-14-8-2)39-31-23-19-17-18-20-24-32-40-48(45-50(11-5)12-6)41-33-25-21-22-26-34-42-49(51)52-44-43-47(37-29-15-9-3)38-30-16-10-4/h46-48H,7-45H2,1-6H3. The predicted molar refractivity (Wildman–Crippen MR) is 234 cm³/mol. The van der Waals surface area contributed by atoms with Crippen LogP contribution in [0.3, 0.4) is 0 Å². The minimum Gasteiger partial charge on any atom is -0.466 e. The van der Waals surface area contributed by atoms with E-state index in [2.05, 4.69) is 46.4 Å². The van der Waals surface area contributed by atoms with Gasteiger partial charge in [0.1, 0.15) is 0 Å². The molecular formula is C49H99NO2. The van der Waals surface area contributed by atoms with Crippen LogP contribution in [0.1, 0.15) is 266 Å². The summed E-state index contributed by atoms with van der Waals surface area (Å²) in [6.07, 6.45) is 47.1. The summed E-state index contributed by atoms with van der Waals surface area (Å²) in [6.45, 7) is 18.2. The van der Waals surface area contributed by atoms with Gasteiger partial charge < -0.3 is 9.64 Å². The molecule has 312 valence electrons. The van der Waals surface area contributed by atoms with Crippen molar-refractivity contribution in [2.75, 3.05) is 26.2 Å². The lowest BCUT2D eigenvalue weighted by atomic mass is 9.90. The molecule has 3 nitrogen and oxygen atoms in total. The zero-order valence-corrected chi connectivity index (χ0v) is 37.1. The van der Waals surface area contributed by atoms with Gasteiger partial charge in [-0.25, -0.2) is 0 Å². The fraction of sp³-hybridized carbons (Fsp3) is 0.980. The molecule has 0 amide bonds. The van der Waals surface area contributed by atoms with Crippen LogP contribution in [0, 0.1) is 17.8 Å². The number of ether oxygens (including phenoxy) is 1. The Bertz CT molecular complexity index is 671. The topological polar surface area (TPSA) is 29.5 Å². The highest BCUT2D eigenvalue weighted by Gasteiger charge is 2.14. The first-order valence-electron chi connectivity index (χ1n) is 24.4. The fourth-order valence-electron chi connectivity index (χ4n) is 8.52. The maximum atomic E-state index is 12.4. The van der Waals surface area contributed by atoms with Crippen LogP contribution < -0.4 is 0 Å². The molecule has 1 atom stereocenters. The first-order chi connectivity index (χ1) is 25.5. The largest absolute Gasteiger partial charge is 0.466 e. The molecular weight excluding hydrogens is 635 g/mol. The van der Waals surface area contributed by atoms with Crippen LogP contribution in [-0.4, -0.2) is 37.1 Å². The van der Waals surface area contributed by atoms with Gasteiger partial charge in [0, 0.05) is 13.0 Å². The van der Waals surface area contributed by atoms with Crippen LogP contribution in [0.4, 0.5) is 0 Å². The van der Waals surface area contributed by atoms with Gasteiger partial charge in [0.05, 0.1) is 6.61 Å². The average Bonchev–Trinajstić information content (AvgIpc) is 3.15. The Hall–Kier alpha value is -0.570. The molecule has 0 fully saturated rings. The van der Waals surface area contributed by atoms with E-state index < -0.39 is 0 Å². The smallest absolute Gasteiger partial charge is 0.305 e. The quantitative estimate of drug-likeness (QED) is 0.0462. The highest BCUT2D eigenvalue weighted by molar-refractivity contribution is 5.69. The Morgan fingerprint density at radius 2 is 0.692 bits per heavy atom. The van der Waals surface area contributed by atoms with Crippen molar-refractivity contribution in [3.63, 3.8) is 0 Å². The van der Waals surface area contributed by atoms with E-state index in [9.17, 15) is 4.79 Å². The van der Waals surface area contributed by atoms with Gasteiger partial charge in [-0.3, -0.25) is 4.79 Å². The summed E-state index contributed by atoms with van der Waals surface area (Å²) in [5.41, 5.74) is 0. The number of unbranched alkanes of at least 4 members (excludes halogenated alkanes) is 20. The minimum atomic E-state index is 0.0368. The van der Waals surface area contributed by atoms with Gasteiger partial charge in [0.25, 0.3) is 0 Å². The molecule has 0 saturated carbocycles. The van der Waals surface area contributed by atoms with E-state index in [0.29, 0.717) is 13.0 Å². The lowest BCUT2D eigenvalue weighted by molar-refractivity contribution is -0.144. The van der Waals surface area contributed by atoms with Gasteiger partial charge >= 0.3 is 5.97 Å². The van der Waals surface area contributed by atoms with E-state index in [-0.39, 0.29) is 5.97 Å². The second-order valence-electron chi connectivity index (χ2n) is 17.1. The Morgan fingerprint density at radius 1 is 0.385 bits per heavy atom. The number of hydrogen-bond donors (Lipinski definition) is 0. The average molecular weight is 734 g/mol. The number of rotatable bonds is 43. The lowest BCUT2D eigenvalue weighted by Gasteiger charge is -2.25. The van der Waals surface area contributed by atoms with Crippen molar-refractivity contribution in [3.05, 3.63) is 0 Å². The molecule has 0 N–H and O–H groups in total. The molecule has 0 saturated heterocycles. The monoisotopic (exact) mass is 734 g/mol. The molecule has 0 aromatic heterocycles. The summed E-state index contributed by atoms with van der Waals surface area (Å²) >= 11 is 0. The zero-order valence-electron chi connectivity index (χ0n) is 37.1. The van der Waals surface area contributed by atoms with Crippen molar-refractivity contribution < 1.29 is 9.53 Å². The van der Waals surface area contributed by atoms with Crippen LogP contribution in [0.25, 0.3) is 0 Å². The second-order valence-corrected chi connectivity index (χ2v) is 17.1. The van der Waals surface area contributed by atoms with E-state index in [1.165, 1.54) is 225 Å². The third kappa shape index (κ3) is 35.2. The van der Waals surface area contributed by atoms with Crippen molar-refractivity contribution in [3.8, 4) is 0 Å². The van der Waals surface area contributed by atoms with Gasteiger partial charge in [-0.05, 0) is 56.5 Å². The molecule has 3 heteroatoms. The maximum absolute atomic E-state index is 12.4. The van der Waals surface area contributed by atoms with Crippen LogP contribution in [0.15, 0.2) is 0 Å². The Morgan fingerprint density at radius 3 is 1.06 bits per heavy atom. The van der Waals surface area contributed by atoms with Gasteiger partial charge in [-0.1, -0.05) is 234 Å². The second kappa shape index (κ2) is 41.6. The van der Waals surface area contributed by atoms with Crippen LogP contribution >= 0.6 is 0 Å². The normalized spacial score (nSPS) is 12.5. The SMILES string of the molecule is CCCCCC(CCCCC)CCCCCCCCCCC(CCCCCCCCC(=O)OCCC(CCCCC)CCCCC)CN(CC)CC. The highest BCUT2D eigenvalue weighted by atomic mass is 16.5. The van der Waals surface area contributed by atoms with E-state index in [1.807, 2.05) is 0 Å². The highest BCUT2D eigenvalue weighted by Crippen LogP contribution is 2.25. The van der Waals surface area contributed by atoms with Crippen molar-refractivity contribution in [1.29, 1.82) is 0 Å². The van der Waals surface area contributed by atoms with Gasteiger partial charge in [-0.15, -0.1) is 0 Å². The van der Waals surface area contributed by atoms with Crippen LogP contribution in [-0.2, 0) is 9.53 Å². The number of esters is 1. The molecule has 0 radical (unpaired) electrons. The van der Waals surface area contributed by atoms with Crippen molar-refractivity contribution in [2.24, 2.45) is 17.8 Å². The van der Waals surface area contributed by atoms with E-state index in [4.69, 9.17) is 4.74 Å². The maximum Gasteiger partial charge on any atom is 0.305 e. The Labute approximate surface area is 329 Å². The molecule has 0 aromatic carbocycles. The molecule has 0 rings (SSSR count). The molecule has 0 aliphatic heterocycles. The number of carbonyl (C=O) groups is 1. The molecule has 0 aliphatic carbocycles. The zero-order chi connectivity index (χ0) is 38.2. The Balaban J connectivity index is 4.06. The number of carbonyl (C=O) groups excluding carboxylic acids is 1. The predicted octanol–water partition coefficient (Wildman–Crippen LogP) is 16.5. The molecule has 52 heavy (non-hydrogen) atoms. The van der Waals surface area contributed by atoms with E-state index in [1.54, 1.807) is 0 Å². The van der Waals surface area contributed by atoms with Crippen molar-refractivity contribution >= 4 is 5.97 Å². The summed E-state index contributed by atoms with van der Waals surface area (Å²) in [5.74, 6) is 2.66. The third-order valence-corrected chi connectivity index (χ3v) is 12.3. The molecule has 0 heterocycles. The van der Waals surface area contributed by atoms with Crippen molar-refractivity contribution in [1.82, 2.24) is 4.90 Å². The van der Waals surface area contributed by atoms with E-state index in [0.717, 1.165) is 30.6 Å². The van der Waals surface area contributed by atoms with Gasteiger partial charge in [0.15, 0.2) is 0 Å². The number of hydrogen-bond acceptors (Lipinski definition) is 3.